The van der Waals surface area contributed by atoms with Gasteiger partial charge < -0.3 is 0 Å². The molecule has 0 N–H and O–H groups in total. The van der Waals surface area contributed by atoms with Gasteiger partial charge in [0.05, 0.1) is 10.7 Å². The lowest BCUT2D eigenvalue weighted by Crippen LogP contribution is -1.73. The third-order valence-electron chi connectivity index (χ3n) is 1.35. The van der Waals surface area contributed by atoms with Gasteiger partial charge in [-0.1, -0.05) is 23.7 Å². The van der Waals surface area contributed by atoms with Crippen LogP contribution in [0.5, 0.6) is 0 Å². The lowest BCUT2D eigenvalue weighted by Gasteiger charge is -1.99. The number of benzene rings is 1. The zero-order valence-corrected chi connectivity index (χ0v) is 6.52. The molecule has 0 spiro atoms. The first-order valence-corrected chi connectivity index (χ1v) is 3.35. The Labute approximate surface area is 65.4 Å². The quantitative estimate of drug-likeness (QED) is 0.550. The van der Waals surface area contributed by atoms with E-state index in [0.29, 0.717) is 5.02 Å². The Morgan fingerprint density at radius 3 is 2.60 bits per heavy atom. The van der Waals surface area contributed by atoms with E-state index in [-0.39, 0.29) is 0 Å². The average molecular weight is 154 g/mol. The second kappa shape index (κ2) is 2.84. The van der Waals surface area contributed by atoms with Gasteiger partial charge in [-0.2, -0.15) is 0 Å². The minimum atomic E-state index is 0.662. The normalized spacial score (nSPS) is 9.40. The van der Waals surface area contributed by atoms with E-state index < -0.39 is 0 Å². The molecule has 0 saturated heterocycles. The minimum absolute atomic E-state index is 0.662. The maximum Gasteiger partial charge on any atom is 0.0837 e. The van der Waals surface area contributed by atoms with Crippen LogP contribution in [0, 0.1) is 6.92 Å². The number of aliphatic imine (C=N–C) groups is 1. The first-order chi connectivity index (χ1) is 4.75. The van der Waals surface area contributed by atoms with Crippen LogP contribution in [-0.2, 0) is 0 Å². The van der Waals surface area contributed by atoms with Crippen LogP contribution < -0.4 is 0 Å². The number of aryl methyl sites for hydroxylation is 1. The second-order valence-corrected chi connectivity index (χ2v) is 2.47. The fraction of sp³-hybridized carbons (Fsp3) is 0.125. The Hall–Kier alpha value is -0.820. The molecule has 1 aromatic carbocycles. The van der Waals surface area contributed by atoms with E-state index in [1.165, 1.54) is 0 Å². The van der Waals surface area contributed by atoms with Crippen molar-refractivity contribution < 1.29 is 0 Å². The predicted molar refractivity (Wildman–Crippen MR) is 45.4 cm³/mol. The van der Waals surface area contributed by atoms with Gasteiger partial charge in [0.2, 0.25) is 0 Å². The zero-order valence-electron chi connectivity index (χ0n) is 5.76. The highest BCUT2D eigenvalue weighted by molar-refractivity contribution is 6.33. The Morgan fingerprint density at radius 2 is 2.20 bits per heavy atom. The number of rotatable bonds is 1. The molecule has 0 unspecified atom stereocenters. The Bertz CT molecular complexity index is 235. The van der Waals surface area contributed by atoms with Crippen LogP contribution in [-0.4, -0.2) is 6.72 Å². The fourth-order valence-electron chi connectivity index (χ4n) is 0.823. The molecule has 0 heterocycles. The van der Waals surface area contributed by atoms with Crippen molar-refractivity contribution in [3.05, 3.63) is 28.8 Å². The molecule has 0 fully saturated rings. The van der Waals surface area contributed by atoms with Gasteiger partial charge in [-0.3, -0.25) is 4.99 Å². The topological polar surface area (TPSA) is 12.4 Å². The maximum absolute atomic E-state index is 5.80. The van der Waals surface area contributed by atoms with E-state index >= 15 is 0 Å². The molecule has 0 aliphatic heterocycles. The van der Waals surface area contributed by atoms with E-state index in [1.807, 2.05) is 19.1 Å². The maximum atomic E-state index is 5.80. The van der Waals surface area contributed by atoms with Crippen LogP contribution >= 0.6 is 11.6 Å². The van der Waals surface area contributed by atoms with E-state index in [9.17, 15) is 0 Å². The molecule has 1 aromatic rings. The summed E-state index contributed by atoms with van der Waals surface area (Å²) in [6, 6.07) is 5.65. The number of nitrogens with zero attached hydrogens (tertiary/aromatic N) is 1. The number of hydrogen-bond acceptors (Lipinski definition) is 1. The van der Waals surface area contributed by atoms with Crippen LogP contribution in [0.4, 0.5) is 5.69 Å². The van der Waals surface area contributed by atoms with Crippen LogP contribution in [0.1, 0.15) is 5.56 Å². The third-order valence-corrected chi connectivity index (χ3v) is 1.65. The summed E-state index contributed by atoms with van der Waals surface area (Å²) in [7, 11) is 0. The summed E-state index contributed by atoms with van der Waals surface area (Å²) in [6.45, 7) is 5.37. The smallest absolute Gasteiger partial charge is 0.0837 e. The molecule has 0 radical (unpaired) electrons. The Morgan fingerprint density at radius 1 is 1.50 bits per heavy atom. The highest BCUT2D eigenvalue weighted by atomic mass is 35.5. The van der Waals surface area contributed by atoms with Crippen molar-refractivity contribution in [2.45, 2.75) is 6.92 Å². The van der Waals surface area contributed by atoms with Crippen LogP contribution in [0.3, 0.4) is 0 Å². The molecular formula is C8H8ClN. The first-order valence-electron chi connectivity index (χ1n) is 2.97. The molecule has 2 heteroatoms. The highest BCUT2D eigenvalue weighted by Gasteiger charge is 1.98. The summed E-state index contributed by atoms with van der Waals surface area (Å²) in [5, 5.41) is 0.662. The summed E-state index contributed by atoms with van der Waals surface area (Å²) >= 11 is 5.80. The third kappa shape index (κ3) is 1.19. The van der Waals surface area contributed by atoms with Gasteiger partial charge in [0.1, 0.15) is 0 Å². The molecule has 0 aliphatic rings. The standard InChI is InChI=1S/C8H8ClN/c1-6-4-3-5-7(9)8(6)10-2/h3-5H,2H2,1H3. The molecule has 0 saturated carbocycles. The molecular weight excluding hydrogens is 146 g/mol. The molecule has 0 atom stereocenters. The summed E-state index contributed by atoms with van der Waals surface area (Å²) in [6.07, 6.45) is 0. The van der Waals surface area contributed by atoms with Gasteiger partial charge >= 0.3 is 0 Å². The summed E-state index contributed by atoms with van der Waals surface area (Å²) < 4.78 is 0. The van der Waals surface area contributed by atoms with Crippen molar-refractivity contribution in [1.29, 1.82) is 0 Å². The Kier molecular flexibility index (Phi) is 2.07. The van der Waals surface area contributed by atoms with E-state index in [1.54, 1.807) is 6.07 Å². The largest absolute Gasteiger partial charge is 0.263 e. The van der Waals surface area contributed by atoms with E-state index in [2.05, 4.69) is 11.7 Å². The molecule has 0 aromatic heterocycles. The number of para-hydroxylation sites is 1. The lowest BCUT2D eigenvalue weighted by atomic mass is 10.2. The van der Waals surface area contributed by atoms with Crippen LogP contribution in [0.25, 0.3) is 0 Å². The van der Waals surface area contributed by atoms with Gasteiger partial charge in [-0.25, -0.2) is 0 Å². The minimum Gasteiger partial charge on any atom is -0.263 e. The number of hydrogen-bond donors (Lipinski definition) is 0. The molecule has 52 valence electrons. The SMILES string of the molecule is C=Nc1c(C)cccc1Cl. The average Bonchev–Trinajstić information content (AvgIpc) is 1.88. The van der Waals surface area contributed by atoms with Crippen molar-refractivity contribution >= 4 is 24.0 Å². The van der Waals surface area contributed by atoms with Crippen molar-refractivity contribution in [3.8, 4) is 0 Å². The lowest BCUT2D eigenvalue weighted by molar-refractivity contribution is 1.41. The molecule has 0 bridgehead atoms. The summed E-state index contributed by atoms with van der Waals surface area (Å²) in [5.74, 6) is 0. The predicted octanol–water partition coefficient (Wildman–Crippen LogP) is 2.98. The number of halogens is 1. The van der Waals surface area contributed by atoms with Gasteiger partial charge in [-0.15, -0.1) is 0 Å². The molecule has 0 amide bonds. The second-order valence-electron chi connectivity index (χ2n) is 2.06. The van der Waals surface area contributed by atoms with Crippen LogP contribution in [0.2, 0.25) is 5.02 Å². The highest BCUT2D eigenvalue weighted by Crippen LogP contribution is 2.27. The molecule has 0 aliphatic carbocycles. The van der Waals surface area contributed by atoms with Gasteiger partial charge in [0.15, 0.2) is 0 Å². The van der Waals surface area contributed by atoms with E-state index in [0.717, 1.165) is 11.3 Å². The summed E-state index contributed by atoms with van der Waals surface area (Å²) in [4.78, 5) is 3.79. The molecule has 1 nitrogen and oxygen atoms in total. The zero-order chi connectivity index (χ0) is 7.56. The van der Waals surface area contributed by atoms with Crippen molar-refractivity contribution in [3.63, 3.8) is 0 Å². The van der Waals surface area contributed by atoms with E-state index in [4.69, 9.17) is 11.6 Å². The first kappa shape index (κ1) is 7.29. The summed E-state index contributed by atoms with van der Waals surface area (Å²) in [5.41, 5.74) is 1.84. The van der Waals surface area contributed by atoms with Gasteiger partial charge in [0, 0.05) is 0 Å². The van der Waals surface area contributed by atoms with Gasteiger partial charge in [0.25, 0.3) is 0 Å². The van der Waals surface area contributed by atoms with Crippen LogP contribution in [0.15, 0.2) is 23.2 Å². The van der Waals surface area contributed by atoms with Gasteiger partial charge in [-0.05, 0) is 25.3 Å². The van der Waals surface area contributed by atoms with Crippen molar-refractivity contribution in [2.24, 2.45) is 4.99 Å². The van der Waals surface area contributed by atoms with Crippen molar-refractivity contribution in [2.75, 3.05) is 0 Å². The fourth-order valence-corrected chi connectivity index (χ4v) is 1.10. The Balaban J connectivity index is 3.30. The molecule has 1 rings (SSSR count). The molecule has 10 heavy (non-hydrogen) atoms. The van der Waals surface area contributed by atoms with Crippen molar-refractivity contribution in [1.82, 2.24) is 0 Å². The monoisotopic (exact) mass is 153 g/mol.